The van der Waals surface area contributed by atoms with Gasteiger partial charge in [0.15, 0.2) is 6.61 Å². The summed E-state index contributed by atoms with van der Waals surface area (Å²) in [6, 6.07) is 22.5. The van der Waals surface area contributed by atoms with E-state index >= 15 is 0 Å². The summed E-state index contributed by atoms with van der Waals surface area (Å²) in [5.74, 6) is 0.244. The molecule has 6 heteroatoms. The first-order valence-corrected chi connectivity index (χ1v) is 12.8. The molecule has 0 aliphatic carbocycles. The number of para-hydroxylation sites is 1. The molecule has 0 saturated carbocycles. The minimum absolute atomic E-state index is 0.154. The van der Waals surface area contributed by atoms with Crippen LogP contribution in [0.5, 0.6) is 5.75 Å². The molecular formula is C31H37FN2O3. The van der Waals surface area contributed by atoms with Crippen LogP contribution in [0.25, 0.3) is 0 Å². The Morgan fingerprint density at radius 2 is 1.51 bits per heavy atom. The van der Waals surface area contributed by atoms with Gasteiger partial charge in [-0.05, 0) is 46.7 Å². The van der Waals surface area contributed by atoms with E-state index in [1.54, 1.807) is 17.0 Å². The highest BCUT2D eigenvalue weighted by Gasteiger charge is 2.31. The molecule has 3 aromatic carbocycles. The van der Waals surface area contributed by atoms with Crippen LogP contribution in [0, 0.1) is 11.7 Å². The minimum atomic E-state index is -0.761. The van der Waals surface area contributed by atoms with Gasteiger partial charge in [0.2, 0.25) is 5.91 Å². The second-order valence-electron chi connectivity index (χ2n) is 9.97. The molecule has 2 amide bonds. The van der Waals surface area contributed by atoms with E-state index in [2.05, 4.69) is 19.2 Å². The maximum Gasteiger partial charge on any atom is 0.261 e. The summed E-state index contributed by atoms with van der Waals surface area (Å²) >= 11 is 0. The predicted molar refractivity (Wildman–Crippen MR) is 145 cm³/mol. The molecule has 0 aliphatic rings. The molecule has 0 bridgehead atoms. The average Bonchev–Trinajstić information content (AvgIpc) is 2.89. The molecule has 0 aliphatic heterocycles. The molecule has 37 heavy (non-hydrogen) atoms. The average molecular weight is 505 g/mol. The second kappa shape index (κ2) is 13.6. The Balaban J connectivity index is 1.91. The maximum atomic E-state index is 13.7. The van der Waals surface area contributed by atoms with E-state index in [9.17, 15) is 14.0 Å². The molecule has 196 valence electrons. The van der Waals surface area contributed by atoms with E-state index in [4.69, 9.17) is 4.74 Å². The topological polar surface area (TPSA) is 58.6 Å². The number of rotatable bonds is 12. The van der Waals surface area contributed by atoms with Crippen molar-refractivity contribution in [2.75, 3.05) is 13.2 Å². The molecule has 1 atom stereocenters. The molecule has 0 fully saturated rings. The van der Waals surface area contributed by atoms with E-state index in [0.29, 0.717) is 18.7 Å². The van der Waals surface area contributed by atoms with Crippen molar-refractivity contribution >= 4 is 11.8 Å². The van der Waals surface area contributed by atoms with Crippen molar-refractivity contribution in [3.05, 3.63) is 101 Å². The largest absolute Gasteiger partial charge is 0.483 e. The number of hydrogen-bond donors (Lipinski definition) is 1. The Morgan fingerprint density at radius 1 is 0.865 bits per heavy atom. The van der Waals surface area contributed by atoms with E-state index in [1.807, 2.05) is 68.4 Å². The maximum absolute atomic E-state index is 13.7. The zero-order valence-electron chi connectivity index (χ0n) is 22.1. The van der Waals surface area contributed by atoms with Gasteiger partial charge in [-0.3, -0.25) is 9.59 Å². The molecule has 0 unspecified atom stereocenters. The predicted octanol–water partition coefficient (Wildman–Crippen LogP) is 5.74. The molecule has 3 rings (SSSR count). The Labute approximate surface area is 219 Å². The number of benzene rings is 3. The number of nitrogens with zero attached hydrogens (tertiary/aromatic N) is 1. The van der Waals surface area contributed by atoms with Crippen molar-refractivity contribution in [1.82, 2.24) is 10.2 Å². The summed E-state index contributed by atoms with van der Waals surface area (Å²) in [5, 5.41) is 3.00. The van der Waals surface area contributed by atoms with Gasteiger partial charge < -0.3 is 15.0 Å². The molecule has 3 aromatic rings. The Morgan fingerprint density at radius 3 is 2.16 bits per heavy atom. The lowest BCUT2D eigenvalue weighted by Crippen LogP contribution is -2.52. The van der Waals surface area contributed by atoms with Crippen molar-refractivity contribution in [2.45, 2.75) is 52.6 Å². The van der Waals surface area contributed by atoms with Crippen molar-refractivity contribution in [3.8, 4) is 5.75 Å². The second-order valence-corrected chi connectivity index (χ2v) is 9.97. The molecule has 0 aromatic heterocycles. The number of amides is 2. The van der Waals surface area contributed by atoms with Crippen LogP contribution in [-0.4, -0.2) is 35.9 Å². The van der Waals surface area contributed by atoms with E-state index in [-0.39, 0.29) is 42.6 Å². The van der Waals surface area contributed by atoms with Gasteiger partial charge in [0, 0.05) is 19.5 Å². The first kappa shape index (κ1) is 27.9. The van der Waals surface area contributed by atoms with Gasteiger partial charge >= 0.3 is 0 Å². The summed E-state index contributed by atoms with van der Waals surface area (Å²) in [5.41, 5.74) is 2.68. The molecule has 5 nitrogen and oxygen atoms in total. The summed E-state index contributed by atoms with van der Waals surface area (Å²) in [6.07, 6.45) is 0.348. The van der Waals surface area contributed by atoms with Crippen molar-refractivity contribution in [1.29, 1.82) is 0 Å². The highest BCUT2D eigenvalue weighted by atomic mass is 19.1. The summed E-state index contributed by atoms with van der Waals surface area (Å²) < 4.78 is 19.6. The summed E-state index contributed by atoms with van der Waals surface area (Å²) in [4.78, 5) is 28.7. The van der Waals surface area contributed by atoms with Gasteiger partial charge in [0.25, 0.3) is 5.91 Å². The Bertz CT molecular complexity index is 1150. The smallest absolute Gasteiger partial charge is 0.261 e. The number of halogens is 1. The van der Waals surface area contributed by atoms with Crippen molar-refractivity contribution in [3.63, 3.8) is 0 Å². The third-order valence-corrected chi connectivity index (χ3v) is 6.11. The SMILES string of the molecule is CC(C)CNC(=O)[C@H](Cc1ccccc1)N(Cc1ccc(F)cc1)C(=O)COc1ccccc1C(C)C. The number of carbonyl (C=O) groups is 2. The third-order valence-electron chi connectivity index (χ3n) is 6.11. The van der Waals surface area contributed by atoms with Crippen LogP contribution in [0.3, 0.4) is 0 Å². The zero-order chi connectivity index (χ0) is 26.8. The lowest BCUT2D eigenvalue weighted by molar-refractivity contribution is -0.142. The molecule has 0 saturated heterocycles. The first-order valence-electron chi connectivity index (χ1n) is 12.8. The number of ether oxygens (including phenoxy) is 1. The van der Waals surface area contributed by atoms with E-state index in [0.717, 1.165) is 16.7 Å². The van der Waals surface area contributed by atoms with Crippen LogP contribution in [0.1, 0.15) is 50.3 Å². The molecular weight excluding hydrogens is 467 g/mol. The number of nitrogens with one attached hydrogen (secondary N) is 1. The summed E-state index contributed by atoms with van der Waals surface area (Å²) in [6.45, 7) is 8.62. The number of carbonyl (C=O) groups excluding carboxylic acids is 2. The fourth-order valence-corrected chi connectivity index (χ4v) is 4.07. The third kappa shape index (κ3) is 8.45. The normalized spacial score (nSPS) is 11.9. The highest BCUT2D eigenvalue weighted by molar-refractivity contribution is 5.88. The molecule has 1 N–H and O–H groups in total. The zero-order valence-corrected chi connectivity index (χ0v) is 22.1. The molecule has 0 heterocycles. The van der Waals surface area contributed by atoms with Crippen LogP contribution in [0.15, 0.2) is 78.9 Å². The van der Waals surface area contributed by atoms with Gasteiger partial charge in [-0.25, -0.2) is 4.39 Å². The monoisotopic (exact) mass is 504 g/mol. The van der Waals surface area contributed by atoms with Gasteiger partial charge in [0.1, 0.15) is 17.6 Å². The van der Waals surface area contributed by atoms with Gasteiger partial charge in [-0.2, -0.15) is 0 Å². The summed E-state index contributed by atoms with van der Waals surface area (Å²) in [7, 11) is 0. The van der Waals surface area contributed by atoms with Crippen LogP contribution < -0.4 is 10.1 Å². The fourth-order valence-electron chi connectivity index (χ4n) is 4.07. The highest BCUT2D eigenvalue weighted by Crippen LogP contribution is 2.26. The Kier molecular flexibility index (Phi) is 10.2. The van der Waals surface area contributed by atoms with E-state index < -0.39 is 6.04 Å². The Hall–Kier alpha value is -3.67. The standard InChI is InChI=1S/C31H37FN2O3/c1-22(2)19-33-31(36)28(18-24-10-6-5-7-11-24)34(20-25-14-16-26(32)17-15-25)30(35)21-37-29-13-9-8-12-27(29)23(3)4/h5-17,22-23,28H,18-21H2,1-4H3,(H,33,36)/t28-/m0/s1. The minimum Gasteiger partial charge on any atom is -0.483 e. The van der Waals surface area contributed by atoms with Crippen molar-refractivity contribution < 1.29 is 18.7 Å². The van der Waals surface area contributed by atoms with Gasteiger partial charge in [-0.15, -0.1) is 0 Å². The van der Waals surface area contributed by atoms with E-state index in [1.165, 1.54) is 12.1 Å². The fraction of sp³-hybridized carbons (Fsp3) is 0.355. The lowest BCUT2D eigenvalue weighted by Gasteiger charge is -2.32. The van der Waals surface area contributed by atoms with Crippen LogP contribution in [0.4, 0.5) is 4.39 Å². The lowest BCUT2D eigenvalue weighted by atomic mass is 10.0. The van der Waals surface area contributed by atoms with Crippen LogP contribution in [-0.2, 0) is 22.6 Å². The van der Waals surface area contributed by atoms with Gasteiger partial charge in [0.05, 0.1) is 0 Å². The molecule has 0 radical (unpaired) electrons. The quantitative estimate of drug-likeness (QED) is 0.342. The van der Waals surface area contributed by atoms with Gasteiger partial charge in [-0.1, -0.05) is 88.4 Å². The van der Waals surface area contributed by atoms with Crippen LogP contribution >= 0.6 is 0 Å². The van der Waals surface area contributed by atoms with Crippen LogP contribution in [0.2, 0.25) is 0 Å². The first-order chi connectivity index (χ1) is 17.7. The van der Waals surface area contributed by atoms with Crippen molar-refractivity contribution in [2.24, 2.45) is 5.92 Å². The number of hydrogen-bond acceptors (Lipinski definition) is 3. The molecule has 0 spiro atoms.